The van der Waals surface area contributed by atoms with Crippen LogP contribution >= 0.6 is 0 Å². The molecule has 2 amide bonds. The molecule has 1 aliphatic heterocycles. The Morgan fingerprint density at radius 3 is 2.57 bits per heavy atom. The smallest absolute Gasteiger partial charge is 0.318 e. The molecule has 3 atom stereocenters. The predicted octanol–water partition coefficient (Wildman–Crippen LogP) is 3.13. The van der Waals surface area contributed by atoms with Crippen LogP contribution in [0.25, 0.3) is 11.1 Å². The molecule has 0 aromatic heterocycles. The maximum Gasteiger partial charge on any atom is 0.318 e. The molecule has 0 aliphatic carbocycles. The number of aliphatic hydroxyl groups excluding tert-OH is 1. The minimum absolute atomic E-state index is 0.195. The summed E-state index contributed by atoms with van der Waals surface area (Å²) in [6.45, 7) is 2.31. The van der Waals surface area contributed by atoms with Crippen LogP contribution in [0.1, 0.15) is 24.8 Å². The zero-order valence-corrected chi connectivity index (χ0v) is 16.1. The van der Waals surface area contributed by atoms with Crippen LogP contribution in [0.3, 0.4) is 0 Å². The van der Waals surface area contributed by atoms with Gasteiger partial charge < -0.3 is 20.1 Å². The molecule has 0 radical (unpaired) electrons. The van der Waals surface area contributed by atoms with E-state index in [4.69, 9.17) is 4.74 Å². The summed E-state index contributed by atoms with van der Waals surface area (Å²) in [6.07, 6.45) is 0.810. The van der Waals surface area contributed by atoms with Crippen LogP contribution in [-0.2, 0) is 0 Å². The molecule has 2 N–H and O–H groups in total. The van der Waals surface area contributed by atoms with E-state index in [0.29, 0.717) is 6.54 Å². The lowest BCUT2D eigenvalue weighted by Gasteiger charge is -2.51. The molecule has 28 heavy (non-hydrogen) atoms. The first-order valence-corrected chi connectivity index (χ1v) is 9.46. The number of likely N-dealkylation sites (tertiary alicyclic amines) is 1. The first-order chi connectivity index (χ1) is 13.7. The van der Waals surface area contributed by atoms with Gasteiger partial charge in [0.25, 0.3) is 0 Å². The third-order valence-electron chi connectivity index (χ3n) is 5.21. The average Bonchev–Trinajstić information content (AvgIpc) is 2.72. The maximum absolute atomic E-state index is 12.5. The summed E-state index contributed by atoms with van der Waals surface area (Å²) < 4.78 is 5.23. The Labute approximate surface area is 165 Å². The SMILES string of the molecule is CCCNC(=O)N1[C@H](C#N)[C@H](c2ccccc2-c2ccc(OC)cc2)[C@@H]1CO. The molecule has 146 valence electrons. The standard InChI is InChI=1S/C22H25N3O3/c1-3-12-24-22(27)25-19(13-23)21(20(25)14-26)18-7-5-4-6-17(18)15-8-10-16(28-2)11-9-15/h4-11,19-21,26H,3,12,14H2,1-2H3,(H,24,27)/t19-,20+,21+/m1/s1. The highest BCUT2D eigenvalue weighted by Crippen LogP contribution is 2.44. The van der Waals surface area contributed by atoms with E-state index in [2.05, 4.69) is 11.4 Å². The monoisotopic (exact) mass is 379 g/mol. The van der Waals surface area contributed by atoms with Crippen molar-refractivity contribution in [3.63, 3.8) is 0 Å². The van der Waals surface area contributed by atoms with Gasteiger partial charge in [-0.15, -0.1) is 0 Å². The van der Waals surface area contributed by atoms with E-state index in [0.717, 1.165) is 28.9 Å². The summed E-state index contributed by atoms with van der Waals surface area (Å²) in [5.41, 5.74) is 2.94. The summed E-state index contributed by atoms with van der Waals surface area (Å²) in [5.74, 6) is 0.521. The van der Waals surface area contributed by atoms with E-state index in [1.54, 1.807) is 7.11 Å². The minimum Gasteiger partial charge on any atom is -0.497 e. The average molecular weight is 379 g/mol. The van der Waals surface area contributed by atoms with Crippen LogP contribution in [0.15, 0.2) is 48.5 Å². The lowest BCUT2D eigenvalue weighted by molar-refractivity contribution is 0.0171. The van der Waals surface area contributed by atoms with Gasteiger partial charge in [-0.3, -0.25) is 0 Å². The number of carbonyl (C=O) groups is 1. The fraction of sp³-hybridized carbons (Fsp3) is 0.364. The predicted molar refractivity (Wildman–Crippen MR) is 107 cm³/mol. The van der Waals surface area contributed by atoms with Crippen molar-refractivity contribution in [1.29, 1.82) is 5.26 Å². The number of methoxy groups -OCH3 is 1. The fourth-order valence-corrected chi connectivity index (χ4v) is 3.80. The number of nitriles is 1. The second-order valence-electron chi connectivity index (χ2n) is 6.80. The van der Waals surface area contributed by atoms with Gasteiger partial charge in [0.2, 0.25) is 0 Å². The summed E-state index contributed by atoms with van der Waals surface area (Å²) in [4.78, 5) is 13.9. The van der Waals surface area contributed by atoms with Gasteiger partial charge in [-0.1, -0.05) is 43.3 Å². The van der Waals surface area contributed by atoms with E-state index in [1.165, 1.54) is 4.90 Å². The first-order valence-electron chi connectivity index (χ1n) is 9.46. The number of rotatable bonds is 6. The zero-order chi connectivity index (χ0) is 20.1. The van der Waals surface area contributed by atoms with Gasteiger partial charge in [-0.25, -0.2) is 4.79 Å². The molecular formula is C22H25N3O3. The van der Waals surface area contributed by atoms with Crippen molar-refractivity contribution >= 4 is 6.03 Å². The van der Waals surface area contributed by atoms with Crippen LogP contribution < -0.4 is 10.1 Å². The zero-order valence-electron chi connectivity index (χ0n) is 16.1. The molecule has 1 aliphatic rings. The largest absolute Gasteiger partial charge is 0.497 e. The topological polar surface area (TPSA) is 85.6 Å². The van der Waals surface area contributed by atoms with E-state index in [9.17, 15) is 15.2 Å². The van der Waals surface area contributed by atoms with E-state index < -0.39 is 12.1 Å². The number of nitrogens with zero attached hydrogens (tertiary/aromatic N) is 2. The van der Waals surface area contributed by atoms with Gasteiger partial charge in [0, 0.05) is 12.5 Å². The number of aliphatic hydroxyl groups is 1. The number of amides is 2. The lowest BCUT2D eigenvalue weighted by atomic mass is 9.73. The molecule has 1 saturated heterocycles. The molecule has 2 aromatic carbocycles. The van der Waals surface area contributed by atoms with Crippen molar-refractivity contribution in [2.75, 3.05) is 20.3 Å². The molecule has 0 bridgehead atoms. The number of carbonyl (C=O) groups excluding carboxylic acids is 1. The van der Waals surface area contributed by atoms with Gasteiger partial charge in [0.05, 0.1) is 25.8 Å². The van der Waals surface area contributed by atoms with E-state index >= 15 is 0 Å². The van der Waals surface area contributed by atoms with Crippen LogP contribution in [0.5, 0.6) is 5.75 Å². The third kappa shape index (κ3) is 3.54. The maximum atomic E-state index is 12.5. The molecule has 1 fully saturated rings. The molecule has 6 nitrogen and oxygen atoms in total. The molecule has 3 rings (SSSR count). The number of nitrogens with one attached hydrogen (secondary N) is 1. The summed E-state index contributed by atoms with van der Waals surface area (Å²) in [5, 5.41) is 22.5. The van der Waals surface area contributed by atoms with Crippen LogP contribution in [0, 0.1) is 11.3 Å². The molecular weight excluding hydrogens is 354 g/mol. The van der Waals surface area contributed by atoms with Gasteiger partial charge >= 0.3 is 6.03 Å². The van der Waals surface area contributed by atoms with Gasteiger partial charge in [0.1, 0.15) is 11.8 Å². The highest BCUT2D eigenvalue weighted by atomic mass is 16.5. The normalized spacial score (nSPS) is 20.8. The molecule has 6 heteroatoms. The van der Waals surface area contributed by atoms with Crippen molar-refractivity contribution in [1.82, 2.24) is 10.2 Å². The van der Waals surface area contributed by atoms with Gasteiger partial charge in [-0.05, 0) is 35.2 Å². The molecule has 0 saturated carbocycles. The van der Waals surface area contributed by atoms with E-state index in [1.807, 2.05) is 55.5 Å². The van der Waals surface area contributed by atoms with E-state index in [-0.39, 0.29) is 18.6 Å². The molecule has 2 aromatic rings. The summed E-state index contributed by atoms with van der Waals surface area (Å²) in [7, 11) is 1.62. The Bertz CT molecular complexity index is 860. The Morgan fingerprint density at radius 1 is 1.25 bits per heavy atom. The molecule has 0 spiro atoms. The van der Waals surface area contributed by atoms with Crippen LogP contribution in [0.4, 0.5) is 4.79 Å². The minimum atomic E-state index is -0.617. The van der Waals surface area contributed by atoms with Crippen molar-refractivity contribution < 1.29 is 14.6 Å². The quantitative estimate of drug-likeness (QED) is 0.807. The second kappa shape index (κ2) is 8.77. The van der Waals surface area contributed by atoms with Crippen LogP contribution in [-0.4, -0.2) is 48.4 Å². The first kappa shape index (κ1) is 19.7. The Hall–Kier alpha value is -3.04. The summed E-state index contributed by atoms with van der Waals surface area (Å²) in [6, 6.07) is 16.5. The summed E-state index contributed by atoms with van der Waals surface area (Å²) >= 11 is 0. The Balaban J connectivity index is 1.94. The van der Waals surface area contributed by atoms with Crippen LogP contribution in [0.2, 0.25) is 0 Å². The number of urea groups is 1. The van der Waals surface area contributed by atoms with Crippen molar-refractivity contribution in [2.24, 2.45) is 0 Å². The highest BCUT2D eigenvalue weighted by Gasteiger charge is 2.52. The molecule has 0 unspecified atom stereocenters. The van der Waals surface area contributed by atoms with Gasteiger partial charge in [-0.2, -0.15) is 5.26 Å². The number of hydrogen-bond acceptors (Lipinski definition) is 4. The Kier molecular flexibility index (Phi) is 6.17. The number of ether oxygens (including phenoxy) is 1. The lowest BCUT2D eigenvalue weighted by Crippen LogP contribution is -2.67. The highest BCUT2D eigenvalue weighted by molar-refractivity contribution is 5.78. The van der Waals surface area contributed by atoms with Gasteiger partial charge in [0.15, 0.2) is 0 Å². The fourth-order valence-electron chi connectivity index (χ4n) is 3.80. The van der Waals surface area contributed by atoms with Crippen molar-refractivity contribution in [2.45, 2.75) is 31.3 Å². The second-order valence-corrected chi connectivity index (χ2v) is 6.80. The van der Waals surface area contributed by atoms with Crippen molar-refractivity contribution in [3.05, 3.63) is 54.1 Å². The van der Waals surface area contributed by atoms with Crippen molar-refractivity contribution in [3.8, 4) is 22.9 Å². The number of hydrogen-bond donors (Lipinski definition) is 2. The number of benzene rings is 2. The third-order valence-corrected chi connectivity index (χ3v) is 5.21. The molecule has 1 heterocycles. The Morgan fingerprint density at radius 2 is 1.96 bits per heavy atom.